The van der Waals surface area contributed by atoms with Crippen LogP contribution in [0, 0.1) is 0 Å². The molecule has 90 valence electrons. The summed E-state index contributed by atoms with van der Waals surface area (Å²) >= 11 is 1.58. The highest BCUT2D eigenvalue weighted by molar-refractivity contribution is 7.13. The molecule has 0 aromatic carbocycles. The van der Waals surface area contributed by atoms with Crippen molar-refractivity contribution in [3.05, 3.63) is 11.1 Å². The van der Waals surface area contributed by atoms with Crippen LogP contribution in [-0.2, 0) is 11.2 Å². The molecule has 16 heavy (non-hydrogen) atoms. The van der Waals surface area contributed by atoms with E-state index >= 15 is 0 Å². The van der Waals surface area contributed by atoms with E-state index in [2.05, 4.69) is 25.8 Å². The van der Waals surface area contributed by atoms with Crippen LogP contribution in [0.3, 0.4) is 0 Å². The molecule has 0 saturated carbocycles. The third-order valence-corrected chi connectivity index (χ3v) is 3.26. The maximum atomic E-state index is 10.6. The number of anilines is 1. The molecule has 0 radical (unpaired) electrons. The molecule has 0 aliphatic carbocycles. The van der Waals surface area contributed by atoms with Gasteiger partial charge in [-0.05, 0) is 20.3 Å². The zero-order chi connectivity index (χ0) is 12.1. The molecule has 0 amide bonds. The van der Waals surface area contributed by atoms with Crippen molar-refractivity contribution in [1.82, 2.24) is 4.98 Å². The van der Waals surface area contributed by atoms with Crippen molar-refractivity contribution < 1.29 is 9.90 Å². The van der Waals surface area contributed by atoms with Crippen LogP contribution in [0.4, 0.5) is 5.13 Å². The Morgan fingerprint density at radius 2 is 2.31 bits per heavy atom. The van der Waals surface area contributed by atoms with Crippen molar-refractivity contribution in [3.8, 4) is 0 Å². The van der Waals surface area contributed by atoms with Crippen LogP contribution in [0.25, 0.3) is 0 Å². The van der Waals surface area contributed by atoms with Gasteiger partial charge in [0, 0.05) is 18.0 Å². The molecular formula is C11H18N2O2S. The Morgan fingerprint density at radius 1 is 1.62 bits per heavy atom. The van der Waals surface area contributed by atoms with E-state index in [0.717, 1.165) is 17.2 Å². The van der Waals surface area contributed by atoms with Gasteiger partial charge in [0.25, 0.3) is 0 Å². The smallest absolute Gasteiger partial charge is 0.305 e. The molecular weight excluding hydrogens is 224 g/mol. The summed E-state index contributed by atoms with van der Waals surface area (Å²) in [4.78, 5) is 17.1. The van der Waals surface area contributed by atoms with Gasteiger partial charge in [-0.25, -0.2) is 4.98 Å². The maximum absolute atomic E-state index is 10.6. The second-order valence-corrected chi connectivity index (χ2v) is 4.74. The van der Waals surface area contributed by atoms with Crippen LogP contribution >= 0.6 is 11.3 Å². The van der Waals surface area contributed by atoms with Gasteiger partial charge in [-0.2, -0.15) is 0 Å². The first-order valence-electron chi connectivity index (χ1n) is 5.47. The van der Waals surface area contributed by atoms with Crippen molar-refractivity contribution in [2.75, 3.05) is 11.4 Å². The average Bonchev–Trinajstić information content (AvgIpc) is 2.65. The summed E-state index contributed by atoms with van der Waals surface area (Å²) in [5.74, 6) is -0.766. The fourth-order valence-corrected chi connectivity index (χ4v) is 2.45. The minimum Gasteiger partial charge on any atom is -0.481 e. The van der Waals surface area contributed by atoms with Crippen LogP contribution in [0.5, 0.6) is 0 Å². The van der Waals surface area contributed by atoms with E-state index in [4.69, 9.17) is 5.11 Å². The number of nitrogens with zero attached hydrogens (tertiary/aromatic N) is 2. The van der Waals surface area contributed by atoms with Crippen molar-refractivity contribution in [2.45, 2.75) is 39.7 Å². The normalized spacial score (nSPS) is 10.8. The number of carbonyl (C=O) groups is 1. The molecule has 1 aromatic rings. The van der Waals surface area contributed by atoms with Gasteiger partial charge in [-0.15, -0.1) is 11.3 Å². The van der Waals surface area contributed by atoms with Crippen LogP contribution in [0.15, 0.2) is 5.38 Å². The molecule has 1 N–H and O–H groups in total. The number of hydrogen-bond donors (Lipinski definition) is 1. The van der Waals surface area contributed by atoms with E-state index in [1.165, 1.54) is 0 Å². The fourth-order valence-electron chi connectivity index (χ4n) is 1.38. The Morgan fingerprint density at radius 3 is 2.75 bits per heavy atom. The number of aliphatic carboxylic acids is 1. The van der Waals surface area contributed by atoms with Gasteiger partial charge in [-0.3, -0.25) is 4.79 Å². The molecule has 0 spiro atoms. The number of rotatable bonds is 6. The fraction of sp³-hybridized carbons (Fsp3) is 0.636. The van der Waals surface area contributed by atoms with Gasteiger partial charge >= 0.3 is 5.97 Å². The highest BCUT2D eigenvalue weighted by atomic mass is 32.1. The predicted octanol–water partition coefficient (Wildman–Crippen LogP) is 2.40. The van der Waals surface area contributed by atoms with Crippen LogP contribution in [0.2, 0.25) is 0 Å². The highest BCUT2D eigenvalue weighted by Gasteiger charge is 2.15. The van der Waals surface area contributed by atoms with Crippen molar-refractivity contribution in [3.63, 3.8) is 0 Å². The molecule has 1 rings (SSSR count). The maximum Gasteiger partial charge on any atom is 0.305 e. The van der Waals surface area contributed by atoms with E-state index in [1.807, 2.05) is 10.3 Å². The van der Waals surface area contributed by atoms with Crippen molar-refractivity contribution in [2.24, 2.45) is 0 Å². The lowest BCUT2D eigenvalue weighted by Crippen LogP contribution is -2.32. The van der Waals surface area contributed by atoms with Crippen molar-refractivity contribution in [1.29, 1.82) is 0 Å². The Kier molecular flexibility index (Phi) is 4.73. The molecule has 0 saturated heterocycles. The summed E-state index contributed by atoms with van der Waals surface area (Å²) < 4.78 is 0. The summed E-state index contributed by atoms with van der Waals surface area (Å²) in [6, 6.07) is 0.273. The minimum atomic E-state index is -0.766. The monoisotopic (exact) mass is 242 g/mol. The van der Waals surface area contributed by atoms with Gasteiger partial charge in [0.2, 0.25) is 0 Å². The van der Waals surface area contributed by atoms with Gasteiger partial charge in [0.15, 0.2) is 5.13 Å². The van der Waals surface area contributed by atoms with E-state index in [1.54, 1.807) is 11.3 Å². The number of hydrogen-bond acceptors (Lipinski definition) is 4. The van der Waals surface area contributed by atoms with Gasteiger partial charge in [0.05, 0.1) is 12.1 Å². The Balaban J connectivity index is 2.72. The number of carboxylic acid groups (broad SMARTS) is 1. The van der Waals surface area contributed by atoms with Crippen LogP contribution in [0.1, 0.15) is 32.9 Å². The lowest BCUT2D eigenvalue weighted by atomic mass is 10.3. The van der Waals surface area contributed by atoms with E-state index < -0.39 is 5.97 Å². The third-order valence-electron chi connectivity index (χ3n) is 2.34. The van der Waals surface area contributed by atoms with Gasteiger partial charge in [0.1, 0.15) is 0 Å². The van der Waals surface area contributed by atoms with Crippen LogP contribution in [-0.4, -0.2) is 28.6 Å². The summed E-state index contributed by atoms with van der Waals surface area (Å²) in [5.41, 5.74) is 1.07. The topological polar surface area (TPSA) is 53.4 Å². The Bertz CT molecular complexity index is 350. The number of aryl methyl sites for hydroxylation is 1. The summed E-state index contributed by atoms with van der Waals surface area (Å²) in [6.07, 6.45) is 1.07. The molecule has 0 aliphatic rings. The zero-order valence-electron chi connectivity index (χ0n) is 9.93. The summed E-state index contributed by atoms with van der Waals surface area (Å²) in [6.45, 7) is 6.68. The molecule has 0 aliphatic heterocycles. The second-order valence-electron chi connectivity index (χ2n) is 3.91. The number of aromatic nitrogens is 1. The van der Waals surface area contributed by atoms with E-state index in [9.17, 15) is 4.79 Å². The first-order chi connectivity index (χ1) is 7.54. The average molecular weight is 242 g/mol. The highest BCUT2D eigenvalue weighted by Crippen LogP contribution is 2.22. The third kappa shape index (κ3) is 3.48. The molecule has 0 atom stereocenters. The molecule has 5 heteroatoms. The first kappa shape index (κ1) is 13.0. The van der Waals surface area contributed by atoms with E-state index in [0.29, 0.717) is 6.54 Å². The lowest BCUT2D eigenvalue weighted by Gasteiger charge is -2.25. The largest absolute Gasteiger partial charge is 0.481 e. The Labute approximate surface area is 99.9 Å². The molecule has 1 heterocycles. The predicted molar refractivity (Wildman–Crippen MR) is 66.2 cm³/mol. The summed E-state index contributed by atoms with van der Waals surface area (Å²) in [7, 11) is 0. The van der Waals surface area contributed by atoms with Gasteiger partial charge in [-0.1, -0.05) is 6.92 Å². The molecule has 0 bridgehead atoms. The van der Waals surface area contributed by atoms with E-state index in [-0.39, 0.29) is 12.5 Å². The first-order valence-corrected chi connectivity index (χ1v) is 6.35. The Hall–Kier alpha value is -1.10. The molecule has 1 aromatic heterocycles. The summed E-state index contributed by atoms with van der Waals surface area (Å²) in [5, 5.41) is 11.7. The minimum absolute atomic E-state index is 0.152. The SMILES string of the molecule is CCc1csc(N(CCC(=O)O)C(C)C)n1. The quantitative estimate of drug-likeness (QED) is 0.832. The molecule has 4 nitrogen and oxygen atoms in total. The second kappa shape index (κ2) is 5.84. The van der Waals surface area contributed by atoms with Gasteiger partial charge < -0.3 is 10.0 Å². The number of carboxylic acids is 1. The zero-order valence-corrected chi connectivity index (χ0v) is 10.8. The van der Waals surface area contributed by atoms with Crippen LogP contribution < -0.4 is 4.90 Å². The van der Waals surface area contributed by atoms with Crippen molar-refractivity contribution >= 4 is 22.4 Å². The standard InChI is InChI=1S/C11H18N2O2S/c1-4-9-7-16-11(12-9)13(8(2)3)6-5-10(14)15/h7-8H,4-6H2,1-3H3,(H,14,15). The molecule has 0 fully saturated rings. The molecule has 0 unspecified atom stereocenters. The lowest BCUT2D eigenvalue weighted by molar-refractivity contribution is -0.136. The number of thiazole rings is 1.